The van der Waals surface area contributed by atoms with Crippen molar-refractivity contribution in [2.45, 2.75) is 20.8 Å². The number of hydrogen-bond donors (Lipinski definition) is 2. The van der Waals surface area contributed by atoms with Gasteiger partial charge in [-0.1, -0.05) is 20.8 Å². The summed E-state index contributed by atoms with van der Waals surface area (Å²) in [6, 6.07) is 13.6. The third-order valence-electron chi connectivity index (χ3n) is 5.60. The van der Waals surface area contributed by atoms with Gasteiger partial charge >= 0.3 is 5.97 Å². The normalized spacial score (nSPS) is 12.1. The van der Waals surface area contributed by atoms with Gasteiger partial charge in [-0.25, -0.2) is 9.97 Å². The van der Waals surface area contributed by atoms with Gasteiger partial charge in [-0.2, -0.15) is 0 Å². The van der Waals surface area contributed by atoms with Gasteiger partial charge in [-0.05, 0) is 54.4 Å². The van der Waals surface area contributed by atoms with Crippen molar-refractivity contribution in [3.05, 3.63) is 66.2 Å². The van der Waals surface area contributed by atoms with Crippen molar-refractivity contribution in [3.8, 4) is 28.5 Å². The van der Waals surface area contributed by atoms with Crippen molar-refractivity contribution in [2.24, 2.45) is 17.6 Å². The van der Waals surface area contributed by atoms with E-state index < -0.39 is 5.91 Å². The zero-order valence-corrected chi connectivity index (χ0v) is 20.9. The quantitative estimate of drug-likeness (QED) is 0.258. The minimum atomic E-state index is -0.520. The first kappa shape index (κ1) is 26.2. The number of hydrogen-bond acceptors (Lipinski definition) is 8. The molecule has 0 bridgehead atoms. The molecular weight excluding hydrogens is 460 g/mol. The van der Waals surface area contributed by atoms with Gasteiger partial charge in [0, 0.05) is 23.5 Å². The number of aromatic nitrogens is 2. The number of ether oxygens (including phenoxy) is 3. The highest BCUT2D eigenvalue weighted by Gasteiger charge is 2.19. The highest BCUT2D eigenvalue weighted by Crippen LogP contribution is 2.31. The Bertz CT molecular complexity index is 1260. The topological polar surface area (TPSA) is 126 Å². The molecule has 1 amide bonds. The van der Waals surface area contributed by atoms with Crippen molar-refractivity contribution in [2.75, 3.05) is 19.5 Å². The van der Waals surface area contributed by atoms with E-state index in [-0.39, 0.29) is 29.3 Å². The minimum absolute atomic E-state index is 0.0688. The van der Waals surface area contributed by atoms with Crippen molar-refractivity contribution in [3.63, 3.8) is 0 Å². The monoisotopic (exact) mass is 490 g/mol. The van der Waals surface area contributed by atoms with E-state index in [1.807, 2.05) is 26.8 Å². The van der Waals surface area contributed by atoms with E-state index in [9.17, 15) is 9.59 Å². The van der Waals surface area contributed by atoms with Gasteiger partial charge in [0.2, 0.25) is 0 Å². The summed E-state index contributed by atoms with van der Waals surface area (Å²) in [5, 5.41) is 2.70. The number of nitrogens with zero attached hydrogens (tertiary/aromatic N) is 2. The molecule has 3 N–H and O–H groups in total. The van der Waals surface area contributed by atoms with Gasteiger partial charge in [-0.3, -0.25) is 9.59 Å². The van der Waals surface area contributed by atoms with Gasteiger partial charge in [0.25, 0.3) is 5.91 Å². The van der Waals surface area contributed by atoms with Crippen LogP contribution >= 0.6 is 0 Å². The fraction of sp³-hybridized carbons (Fsp3) is 0.259. The van der Waals surface area contributed by atoms with Crippen molar-refractivity contribution < 1.29 is 23.8 Å². The Hall–Kier alpha value is -4.40. The highest BCUT2D eigenvalue weighted by molar-refractivity contribution is 6.05. The van der Waals surface area contributed by atoms with Crippen LogP contribution in [0.25, 0.3) is 17.3 Å². The van der Waals surface area contributed by atoms with E-state index >= 15 is 0 Å². The number of nitrogens with two attached hydrogens (primary N) is 1. The summed E-state index contributed by atoms with van der Waals surface area (Å²) in [6.45, 7) is 5.74. The number of esters is 1. The second-order valence-electron chi connectivity index (χ2n) is 8.40. The molecule has 0 unspecified atom stereocenters. The number of carbonyl (C=O) groups excluding carboxylic acids is 2. The lowest BCUT2D eigenvalue weighted by Gasteiger charge is -2.14. The fourth-order valence-corrected chi connectivity index (χ4v) is 3.10. The molecule has 3 rings (SSSR count). The Morgan fingerprint density at radius 3 is 2.31 bits per heavy atom. The number of methoxy groups -OCH3 is 2. The summed E-state index contributed by atoms with van der Waals surface area (Å²) < 4.78 is 16.0. The molecule has 1 heterocycles. The molecule has 0 saturated carbocycles. The smallest absolute Gasteiger partial charge is 0.314 e. The summed E-state index contributed by atoms with van der Waals surface area (Å²) >= 11 is 0. The van der Waals surface area contributed by atoms with E-state index in [0.29, 0.717) is 28.6 Å². The number of anilines is 1. The Kier molecular flexibility index (Phi) is 8.61. The van der Waals surface area contributed by atoms with Crippen LogP contribution in [0, 0.1) is 11.8 Å². The number of rotatable bonds is 9. The van der Waals surface area contributed by atoms with E-state index in [0.717, 1.165) is 5.56 Å². The van der Waals surface area contributed by atoms with Crippen molar-refractivity contribution in [1.29, 1.82) is 0 Å². The lowest BCUT2D eigenvalue weighted by molar-refractivity contribution is -0.139. The number of carbonyl (C=O) groups is 2. The fourth-order valence-electron chi connectivity index (χ4n) is 3.10. The third-order valence-corrected chi connectivity index (χ3v) is 5.60. The van der Waals surface area contributed by atoms with Crippen LogP contribution in [0.4, 0.5) is 5.69 Å². The minimum Gasteiger partial charge on any atom is -0.493 e. The lowest BCUT2D eigenvalue weighted by atomic mass is 9.99. The molecule has 9 nitrogen and oxygen atoms in total. The SMILES string of the molecule is COc1ccc(-c2ccnc(C=C(N)C(=O)Nc3ccc(OC(=O)[C@@H](C)C(C)C)cc3)n2)cc1OC. The molecule has 2 aromatic carbocycles. The second kappa shape index (κ2) is 11.8. The Labute approximate surface area is 210 Å². The molecule has 0 aliphatic heterocycles. The summed E-state index contributed by atoms with van der Waals surface area (Å²) in [5.41, 5.74) is 7.83. The third kappa shape index (κ3) is 6.59. The van der Waals surface area contributed by atoms with E-state index in [4.69, 9.17) is 19.9 Å². The average molecular weight is 491 g/mol. The van der Waals surface area contributed by atoms with Crippen LogP contribution < -0.4 is 25.3 Å². The first-order chi connectivity index (χ1) is 17.2. The van der Waals surface area contributed by atoms with Gasteiger partial charge in [-0.15, -0.1) is 0 Å². The molecule has 36 heavy (non-hydrogen) atoms. The molecule has 9 heteroatoms. The van der Waals surface area contributed by atoms with Gasteiger partial charge in [0.15, 0.2) is 17.3 Å². The largest absolute Gasteiger partial charge is 0.493 e. The molecule has 1 aromatic heterocycles. The molecule has 0 fully saturated rings. The van der Waals surface area contributed by atoms with Crippen molar-refractivity contribution in [1.82, 2.24) is 9.97 Å². The Morgan fingerprint density at radius 1 is 0.972 bits per heavy atom. The van der Waals surface area contributed by atoms with Gasteiger partial charge in [0.1, 0.15) is 11.4 Å². The van der Waals surface area contributed by atoms with Crippen LogP contribution in [0.1, 0.15) is 26.6 Å². The van der Waals surface area contributed by atoms with E-state index in [1.165, 1.54) is 6.08 Å². The predicted octanol–water partition coefficient (Wildman–Crippen LogP) is 4.30. The Balaban J connectivity index is 1.69. The van der Waals surface area contributed by atoms with Crippen LogP contribution in [0.3, 0.4) is 0 Å². The van der Waals surface area contributed by atoms with Crippen LogP contribution in [0.5, 0.6) is 17.2 Å². The molecule has 0 saturated heterocycles. The molecule has 1 atom stereocenters. The maximum atomic E-state index is 12.6. The maximum absolute atomic E-state index is 12.6. The maximum Gasteiger partial charge on any atom is 0.314 e. The summed E-state index contributed by atoms with van der Waals surface area (Å²) in [5.74, 6) is 0.979. The Morgan fingerprint density at radius 2 is 1.67 bits per heavy atom. The standard InChI is InChI=1S/C27H30N4O5/c1-16(2)17(3)27(33)36-20-9-7-19(8-10-20)30-26(32)21(28)15-25-29-13-12-22(31-25)18-6-11-23(34-4)24(14-18)35-5/h6-17H,28H2,1-5H3,(H,30,32)/t17-/m0/s1. The first-order valence-corrected chi connectivity index (χ1v) is 11.4. The first-order valence-electron chi connectivity index (χ1n) is 11.4. The van der Waals surface area contributed by atoms with Crippen molar-refractivity contribution >= 4 is 23.6 Å². The molecule has 188 valence electrons. The molecule has 3 aromatic rings. The molecule has 0 spiro atoms. The van der Waals surface area contributed by atoms with Crippen LogP contribution in [0.2, 0.25) is 0 Å². The number of nitrogens with one attached hydrogen (secondary N) is 1. The molecule has 0 aliphatic rings. The second-order valence-corrected chi connectivity index (χ2v) is 8.40. The lowest BCUT2D eigenvalue weighted by Crippen LogP contribution is -2.22. The number of amides is 1. The molecule has 0 aliphatic carbocycles. The van der Waals surface area contributed by atoms with Crippen LogP contribution in [-0.4, -0.2) is 36.1 Å². The van der Waals surface area contributed by atoms with Gasteiger partial charge < -0.3 is 25.3 Å². The van der Waals surface area contributed by atoms with Crippen LogP contribution in [-0.2, 0) is 9.59 Å². The summed E-state index contributed by atoms with van der Waals surface area (Å²) in [4.78, 5) is 33.4. The van der Waals surface area contributed by atoms with E-state index in [2.05, 4.69) is 15.3 Å². The molecule has 0 radical (unpaired) electrons. The molecular formula is C27H30N4O5. The highest BCUT2D eigenvalue weighted by atomic mass is 16.5. The van der Waals surface area contributed by atoms with Crippen LogP contribution in [0.15, 0.2) is 60.4 Å². The number of benzene rings is 2. The van der Waals surface area contributed by atoms with Gasteiger partial charge in [0.05, 0.1) is 25.8 Å². The zero-order chi connectivity index (χ0) is 26.2. The summed E-state index contributed by atoms with van der Waals surface area (Å²) in [7, 11) is 3.12. The zero-order valence-electron chi connectivity index (χ0n) is 20.9. The average Bonchev–Trinajstić information content (AvgIpc) is 2.88. The van der Waals surface area contributed by atoms with E-state index in [1.54, 1.807) is 62.9 Å². The summed E-state index contributed by atoms with van der Waals surface area (Å²) in [6.07, 6.45) is 2.97. The predicted molar refractivity (Wildman–Crippen MR) is 137 cm³/mol.